The van der Waals surface area contributed by atoms with Crippen LogP contribution in [0.3, 0.4) is 0 Å². The van der Waals surface area contributed by atoms with Crippen molar-refractivity contribution in [1.82, 2.24) is 10.2 Å². The van der Waals surface area contributed by atoms with E-state index in [2.05, 4.69) is 10.2 Å². The monoisotopic (exact) mass is 292 g/mol. The molecule has 110 valence electrons. The van der Waals surface area contributed by atoms with Crippen molar-refractivity contribution in [2.24, 2.45) is 0 Å². The van der Waals surface area contributed by atoms with Gasteiger partial charge in [-0.05, 0) is 42.0 Å². The van der Waals surface area contributed by atoms with Crippen molar-refractivity contribution >= 4 is 12.2 Å². The number of ether oxygens (including phenoxy) is 1. The van der Waals surface area contributed by atoms with Crippen LogP contribution in [0, 0.1) is 0 Å². The Morgan fingerprint density at radius 1 is 1.05 bits per heavy atom. The molecule has 0 radical (unpaired) electrons. The first-order valence-corrected chi connectivity index (χ1v) is 6.92. The van der Waals surface area contributed by atoms with Crippen LogP contribution >= 0.6 is 0 Å². The number of aromatic amines is 1. The zero-order chi connectivity index (χ0) is 15.4. The summed E-state index contributed by atoms with van der Waals surface area (Å²) in [5.41, 5.74) is 3.69. The van der Waals surface area contributed by atoms with Crippen LogP contribution in [-0.2, 0) is 0 Å². The van der Waals surface area contributed by atoms with Crippen LogP contribution in [0.2, 0.25) is 0 Å². The van der Waals surface area contributed by atoms with E-state index in [1.807, 2.05) is 54.6 Å². The summed E-state index contributed by atoms with van der Waals surface area (Å²) in [7, 11) is 1.65. The van der Waals surface area contributed by atoms with Gasteiger partial charge in [0.15, 0.2) is 0 Å². The van der Waals surface area contributed by atoms with Crippen molar-refractivity contribution in [1.29, 1.82) is 0 Å². The lowest BCUT2D eigenvalue weighted by atomic mass is 10.1. The number of hydrogen-bond acceptors (Lipinski definition) is 3. The molecule has 4 heteroatoms. The van der Waals surface area contributed by atoms with Gasteiger partial charge >= 0.3 is 0 Å². The summed E-state index contributed by atoms with van der Waals surface area (Å²) >= 11 is 0. The third kappa shape index (κ3) is 3.01. The van der Waals surface area contributed by atoms with Gasteiger partial charge < -0.3 is 9.84 Å². The number of phenols is 1. The van der Waals surface area contributed by atoms with Crippen molar-refractivity contribution in [3.8, 4) is 22.8 Å². The van der Waals surface area contributed by atoms with Gasteiger partial charge in [-0.2, -0.15) is 5.10 Å². The summed E-state index contributed by atoms with van der Waals surface area (Å²) in [5, 5.41) is 16.6. The van der Waals surface area contributed by atoms with Gasteiger partial charge in [-0.3, -0.25) is 5.10 Å². The highest BCUT2D eigenvalue weighted by atomic mass is 16.5. The lowest BCUT2D eigenvalue weighted by Crippen LogP contribution is -1.87. The summed E-state index contributed by atoms with van der Waals surface area (Å²) in [6.45, 7) is 0. The minimum atomic E-state index is 0.261. The standard InChI is InChI=1S/C18H16N2O2/c1-22-18-5-3-2-4-16(18)17-12-14(19-20-17)9-6-13-7-10-15(21)11-8-13/h2-12,21H,1H3,(H,19,20)/b9-6+. The highest BCUT2D eigenvalue weighted by Gasteiger charge is 2.07. The molecular weight excluding hydrogens is 276 g/mol. The van der Waals surface area contributed by atoms with E-state index in [1.54, 1.807) is 19.2 Å². The van der Waals surface area contributed by atoms with Crippen molar-refractivity contribution in [3.05, 3.63) is 65.9 Å². The molecule has 0 unspecified atom stereocenters. The molecule has 0 aliphatic heterocycles. The van der Waals surface area contributed by atoms with Crippen molar-refractivity contribution in [2.45, 2.75) is 0 Å². The van der Waals surface area contributed by atoms with Crippen LogP contribution in [0.15, 0.2) is 54.6 Å². The average molecular weight is 292 g/mol. The Labute approximate surface area is 128 Å². The minimum Gasteiger partial charge on any atom is -0.508 e. The zero-order valence-electron chi connectivity index (χ0n) is 12.2. The second-order valence-electron chi connectivity index (χ2n) is 4.83. The number of nitrogens with zero attached hydrogens (tertiary/aromatic N) is 1. The quantitative estimate of drug-likeness (QED) is 0.765. The first kappa shape index (κ1) is 13.9. The normalized spacial score (nSPS) is 11.0. The van der Waals surface area contributed by atoms with Gasteiger partial charge in [-0.25, -0.2) is 0 Å². The molecule has 0 bridgehead atoms. The smallest absolute Gasteiger partial charge is 0.128 e. The van der Waals surface area contributed by atoms with Gasteiger partial charge in [-0.1, -0.05) is 30.3 Å². The van der Waals surface area contributed by atoms with Crippen LogP contribution < -0.4 is 4.74 Å². The summed E-state index contributed by atoms with van der Waals surface area (Å²) in [6, 6.07) is 16.8. The van der Waals surface area contributed by atoms with E-state index >= 15 is 0 Å². The lowest BCUT2D eigenvalue weighted by Gasteiger charge is -2.04. The molecule has 2 N–H and O–H groups in total. The molecule has 0 spiro atoms. The van der Waals surface area contributed by atoms with Gasteiger partial charge in [-0.15, -0.1) is 0 Å². The highest BCUT2D eigenvalue weighted by Crippen LogP contribution is 2.28. The molecule has 22 heavy (non-hydrogen) atoms. The van der Waals surface area contributed by atoms with E-state index in [0.717, 1.165) is 28.3 Å². The van der Waals surface area contributed by atoms with Gasteiger partial charge in [0.1, 0.15) is 11.5 Å². The predicted molar refractivity (Wildman–Crippen MR) is 87.6 cm³/mol. The van der Waals surface area contributed by atoms with Crippen molar-refractivity contribution < 1.29 is 9.84 Å². The lowest BCUT2D eigenvalue weighted by molar-refractivity contribution is 0.416. The molecule has 1 heterocycles. The Balaban J connectivity index is 1.83. The molecule has 0 saturated heterocycles. The van der Waals surface area contributed by atoms with Crippen LogP contribution in [0.4, 0.5) is 0 Å². The number of aromatic hydroxyl groups is 1. The third-order valence-corrected chi connectivity index (χ3v) is 3.33. The number of aromatic nitrogens is 2. The van der Waals surface area contributed by atoms with Gasteiger partial charge in [0.25, 0.3) is 0 Å². The highest BCUT2D eigenvalue weighted by molar-refractivity contribution is 5.73. The van der Waals surface area contributed by atoms with Crippen LogP contribution in [0.5, 0.6) is 11.5 Å². The third-order valence-electron chi connectivity index (χ3n) is 3.33. The molecule has 0 atom stereocenters. The number of rotatable bonds is 4. The maximum absolute atomic E-state index is 9.27. The minimum absolute atomic E-state index is 0.261. The maximum atomic E-state index is 9.27. The Morgan fingerprint density at radius 3 is 2.59 bits per heavy atom. The molecule has 0 fully saturated rings. The number of phenolic OH excluding ortho intramolecular Hbond substituents is 1. The van der Waals surface area contributed by atoms with Crippen LogP contribution in [-0.4, -0.2) is 22.4 Å². The first-order valence-electron chi connectivity index (χ1n) is 6.92. The van der Waals surface area contributed by atoms with E-state index in [-0.39, 0.29) is 5.75 Å². The van der Waals surface area contributed by atoms with E-state index < -0.39 is 0 Å². The Hall–Kier alpha value is -3.01. The molecule has 0 aliphatic rings. The largest absolute Gasteiger partial charge is 0.508 e. The molecule has 0 amide bonds. The number of nitrogens with one attached hydrogen (secondary N) is 1. The molecule has 1 aromatic heterocycles. The van der Waals surface area contributed by atoms with E-state index in [1.165, 1.54) is 0 Å². The van der Waals surface area contributed by atoms with Gasteiger partial charge in [0.2, 0.25) is 0 Å². The summed E-state index contributed by atoms with van der Waals surface area (Å²) in [5.74, 6) is 1.06. The van der Waals surface area contributed by atoms with Gasteiger partial charge in [0.05, 0.1) is 18.5 Å². The second-order valence-corrected chi connectivity index (χ2v) is 4.83. The number of H-pyrrole nitrogens is 1. The van der Waals surface area contributed by atoms with E-state index in [0.29, 0.717) is 0 Å². The van der Waals surface area contributed by atoms with E-state index in [4.69, 9.17) is 4.74 Å². The van der Waals surface area contributed by atoms with E-state index in [9.17, 15) is 5.11 Å². The Morgan fingerprint density at radius 2 is 1.82 bits per heavy atom. The average Bonchev–Trinajstić information content (AvgIpc) is 3.03. The number of benzene rings is 2. The Kier molecular flexibility index (Phi) is 3.92. The molecule has 0 saturated carbocycles. The SMILES string of the molecule is COc1ccccc1-c1cc(/C=C/c2ccc(O)cc2)[nH]n1. The molecule has 4 nitrogen and oxygen atoms in total. The summed E-state index contributed by atoms with van der Waals surface area (Å²) in [6.07, 6.45) is 3.90. The van der Waals surface area contributed by atoms with Crippen molar-refractivity contribution in [3.63, 3.8) is 0 Å². The topological polar surface area (TPSA) is 58.1 Å². The molecular formula is C18H16N2O2. The Bertz CT molecular complexity index is 789. The molecule has 0 aliphatic carbocycles. The number of hydrogen-bond donors (Lipinski definition) is 2. The molecule has 3 aromatic rings. The zero-order valence-corrected chi connectivity index (χ0v) is 12.2. The predicted octanol–water partition coefficient (Wildman–Crippen LogP) is 3.96. The maximum Gasteiger partial charge on any atom is 0.128 e. The van der Waals surface area contributed by atoms with Crippen LogP contribution in [0.1, 0.15) is 11.3 Å². The fourth-order valence-corrected chi connectivity index (χ4v) is 2.19. The number of para-hydroxylation sites is 1. The fraction of sp³-hybridized carbons (Fsp3) is 0.0556. The summed E-state index contributed by atoms with van der Waals surface area (Å²) in [4.78, 5) is 0. The second kappa shape index (κ2) is 6.18. The molecule has 3 rings (SSSR count). The van der Waals surface area contributed by atoms with Crippen LogP contribution in [0.25, 0.3) is 23.4 Å². The molecule has 2 aromatic carbocycles. The number of methoxy groups -OCH3 is 1. The van der Waals surface area contributed by atoms with Gasteiger partial charge in [0, 0.05) is 5.56 Å². The van der Waals surface area contributed by atoms with Crippen molar-refractivity contribution in [2.75, 3.05) is 7.11 Å². The summed E-state index contributed by atoms with van der Waals surface area (Å²) < 4.78 is 5.35. The fourth-order valence-electron chi connectivity index (χ4n) is 2.19. The first-order chi connectivity index (χ1) is 10.8.